The Morgan fingerprint density at radius 2 is 2.24 bits per heavy atom. The van der Waals surface area contributed by atoms with Gasteiger partial charge in [-0.05, 0) is 12.8 Å². The molecule has 1 aromatic rings. The van der Waals surface area contributed by atoms with E-state index in [0.717, 1.165) is 58.0 Å². The number of nitrogens with zero attached hydrogens (tertiary/aromatic N) is 3. The Labute approximate surface area is 100 Å². The highest BCUT2D eigenvalue weighted by Gasteiger charge is 2.24. The number of piperazine rings is 1. The third-order valence-electron chi connectivity index (χ3n) is 3.26. The molecule has 2 aliphatic heterocycles. The minimum absolute atomic E-state index is 0.0271. The normalized spacial score (nSPS) is 26.5. The van der Waals surface area contributed by atoms with E-state index in [1.54, 1.807) is 0 Å². The first-order chi connectivity index (χ1) is 8.42. The van der Waals surface area contributed by atoms with Crippen molar-refractivity contribution in [2.75, 3.05) is 32.8 Å². The molecule has 6 nitrogen and oxygen atoms in total. The van der Waals surface area contributed by atoms with Crippen LogP contribution in [0.25, 0.3) is 0 Å². The van der Waals surface area contributed by atoms with Crippen molar-refractivity contribution in [3.63, 3.8) is 0 Å². The predicted molar refractivity (Wildman–Crippen MR) is 60.4 cm³/mol. The third kappa shape index (κ3) is 2.65. The molecule has 0 aliphatic carbocycles. The lowest BCUT2D eigenvalue weighted by molar-refractivity contribution is 0.0835. The first-order valence-corrected chi connectivity index (χ1v) is 6.29. The van der Waals surface area contributed by atoms with Crippen LogP contribution >= 0.6 is 0 Å². The van der Waals surface area contributed by atoms with Gasteiger partial charge in [-0.1, -0.05) is 5.16 Å². The van der Waals surface area contributed by atoms with E-state index >= 15 is 0 Å². The van der Waals surface area contributed by atoms with E-state index in [-0.39, 0.29) is 6.10 Å². The van der Waals surface area contributed by atoms with Crippen LogP contribution in [0, 0.1) is 0 Å². The number of hydrogen-bond donors (Lipinski definition) is 1. The summed E-state index contributed by atoms with van der Waals surface area (Å²) in [5.74, 6) is 1.42. The van der Waals surface area contributed by atoms with Crippen LogP contribution in [-0.2, 0) is 11.3 Å². The highest BCUT2D eigenvalue weighted by molar-refractivity contribution is 4.92. The zero-order valence-electron chi connectivity index (χ0n) is 9.89. The smallest absolute Gasteiger partial charge is 0.255 e. The van der Waals surface area contributed by atoms with Crippen molar-refractivity contribution in [1.29, 1.82) is 0 Å². The molecule has 6 heteroatoms. The lowest BCUT2D eigenvalue weighted by Crippen LogP contribution is -2.43. The van der Waals surface area contributed by atoms with Gasteiger partial charge in [0.2, 0.25) is 0 Å². The number of rotatable bonds is 3. The topological polar surface area (TPSA) is 63.4 Å². The Kier molecular flexibility index (Phi) is 3.35. The van der Waals surface area contributed by atoms with E-state index in [1.165, 1.54) is 0 Å². The molecule has 2 aliphatic rings. The van der Waals surface area contributed by atoms with E-state index in [0.29, 0.717) is 5.89 Å². The number of ether oxygens (including phenoxy) is 1. The molecule has 2 fully saturated rings. The van der Waals surface area contributed by atoms with E-state index in [2.05, 4.69) is 20.4 Å². The molecule has 1 unspecified atom stereocenters. The van der Waals surface area contributed by atoms with Crippen LogP contribution in [0.3, 0.4) is 0 Å². The fourth-order valence-corrected chi connectivity index (χ4v) is 2.30. The quantitative estimate of drug-likeness (QED) is 0.818. The zero-order chi connectivity index (χ0) is 11.5. The first-order valence-electron chi connectivity index (χ1n) is 6.29. The monoisotopic (exact) mass is 238 g/mol. The second kappa shape index (κ2) is 5.12. The van der Waals surface area contributed by atoms with E-state index < -0.39 is 0 Å². The SMILES string of the molecule is C1COC(c2nc(CN3CCNCC3)no2)C1. The van der Waals surface area contributed by atoms with Crippen molar-refractivity contribution in [2.24, 2.45) is 0 Å². The van der Waals surface area contributed by atoms with Gasteiger partial charge in [-0.2, -0.15) is 4.98 Å². The maximum atomic E-state index is 5.52. The summed E-state index contributed by atoms with van der Waals surface area (Å²) in [6.07, 6.45) is 2.11. The summed E-state index contributed by atoms with van der Waals surface area (Å²) < 4.78 is 10.8. The van der Waals surface area contributed by atoms with Crippen molar-refractivity contribution in [3.8, 4) is 0 Å². The molecule has 1 atom stereocenters. The lowest BCUT2D eigenvalue weighted by Gasteiger charge is -2.25. The standard InChI is InChI=1S/C11H18N4O2/c1-2-9(16-7-1)11-13-10(14-17-11)8-15-5-3-12-4-6-15/h9,12H,1-8H2. The summed E-state index contributed by atoms with van der Waals surface area (Å²) in [5, 5.41) is 7.35. The van der Waals surface area contributed by atoms with Gasteiger partial charge in [-0.3, -0.25) is 4.90 Å². The predicted octanol–water partition coefficient (Wildman–Crippen LogP) is 0.326. The fraction of sp³-hybridized carbons (Fsp3) is 0.818. The van der Waals surface area contributed by atoms with Crippen molar-refractivity contribution in [3.05, 3.63) is 11.7 Å². The van der Waals surface area contributed by atoms with Crippen LogP contribution in [0.15, 0.2) is 4.52 Å². The largest absolute Gasteiger partial charge is 0.368 e. The van der Waals surface area contributed by atoms with Crippen molar-refractivity contribution >= 4 is 0 Å². The summed E-state index contributed by atoms with van der Waals surface area (Å²) in [6, 6.07) is 0. The molecule has 1 aromatic heterocycles. The van der Waals surface area contributed by atoms with Crippen LogP contribution in [0.5, 0.6) is 0 Å². The Hall–Kier alpha value is -0.980. The Bertz CT molecular complexity index is 356. The summed E-state index contributed by atoms with van der Waals surface area (Å²) in [5.41, 5.74) is 0. The second-order valence-corrected chi connectivity index (χ2v) is 4.58. The fourth-order valence-electron chi connectivity index (χ4n) is 2.30. The number of nitrogens with one attached hydrogen (secondary N) is 1. The highest BCUT2D eigenvalue weighted by atomic mass is 16.5. The van der Waals surface area contributed by atoms with Gasteiger partial charge in [0, 0.05) is 32.8 Å². The molecule has 0 saturated carbocycles. The lowest BCUT2D eigenvalue weighted by atomic mass is 10.2. The van der Waals surface area contributed by atoms with Gasteiger partial charge >= 0.3 is 0 Å². The van der Waals surface area contributed by atoms with Crippen molar-refractivity contribution in [1.82, 2.24) is 20.4 Å². The molecule has 2 saturated heterocycles. The Morgan fingerprint density at radius 3 is 3.00 bits per heavy atom. The average molecular weight is 238 g/mol. The number of aromatic nitrogens is 2. The van der Waals surface area contributed by atoms with Crippen LogP contribution in [0.1, 0.15) is 30.7 Å². The Balaban J connectivity index is 1.59. The van der Waals surface area contributed by atoms with Crippen LogP contribution in [0.4, 0.5) is 0 Å². The third-order valence-corrected chi connectivity index (χ3v) is 3.26. The van der Waals surface area contributed by atoms with Gasteiger partial charge in [0.1, 0.15) is 6.10 Å². The molecule has 3 heterocycles. The minimum Gasteiger partial charge on any atom is -0.368 e. The zero-order valence-corrected chi connectivity index (χ0v) is 9.89. The molecule has 3 rings (SSSR count). The molecular formula is C11H18N4O2. The highest BCUT2D eigenvalue weighted by Crippen LogP contribution is 2.26. The maximum absolute atomic E-state index is 5.52. The van der Waals surface area contributed by atoms with Gasteiger partial charge in [-0.15, -0.1) is 0 Å². The van der Waals surface area contributed by atoms with Gasteiger partial charge in [0.25, 0.3) is 5.89 Å². The molecule has 0 bridgehead atoms. The second-order valence-electron chi connectivity index (χ2n) is 4.58. The molecule has 94 valence electrons. The van der Waals surface area contributed by atoms with Gasteiger partial charge in [0.05, 0.1) is 6.54 Å². The minimum atomic E-state index is 0.0271. The molecule has 0 spiro atoms. The van der Waals surface area contributed by atoms with Gasteiger partial charge in [0.15, 0.2) is 5.82 Å². The summed E-state index contributed by atoms with van der Waals surface area (Å²) in [7, 11) is 0. The van der Waals surface area contributed by atoms with E-state index in [9.17, 15) is 0 Å². The van der Waals surface area contributed by atoms with Gasteiger partial charge in [-0.25, -0.2) is 0 Å². The molecule has 17 heavy (non-hydrogen) atoms. The molecule has 1 N–H and O–H groups in total. The molecule has 0 aromatic carbocycles. The average Bonchev–Trinajstić information content (AvgIpc) is 3.00. The van der Waals surface area contributed by atoms with Crippen molar-refractivity contribution in [2.45, 2.75) is 25.5 Å². The number of hydrogen-bond acceptors (Lipinski definition) is 6. The summed E-state index contributed by atoms with van der Waals surface area (Å²) >= 11 is 0. The van der Waals surface area contributed by atoms with Crippen LogP contribution in [0.2, 0.25) is 0 Å². The van der Waals surface area contributed by atoms with E-state index in [1.807, 2.05) is 0 Å². The van der Waals surface area contributed by atoms with Crippen molar-refractivity contribution < 1.29 is 9.26 Å². The maximum Gasteiger partial charge on any atom is 0.255 e. The van der Waals surface area contributed by atoms with E-state index in [4.69, 9.17) is 9.26 Å². The van der Waals surface area contributed by atoms with Gasteiger partial charge < -0.3 is 14.6 Å². The molecule has 0 radical (unpaired) electrons. The molecular weight excluding hydrogens is 220 g/mol. The Morgan fingerprint density at radius 1 is 1.35 bits per heavy atom. The van der Waals surface area contributed by atoms with Crippen LogP contribution in [-0.4, -0.2) is 47.8 Å². The molecule has 0 amide bonds. The summed E-state index contributed by atoms with van der Waals surface area (Å²) in [6.45, 7) is 5.75. The first kappa shape index (κ1) is 11.1. The van der Waals surface area contributed by atoms with Crippen LogP contribution < -0.4 is 5.32 Å². The summed E-state index contributed by atoms with van der Waals surface area (Å²) in [4.78, 5) is 6.76.